The van der Waals surface area contributed by atoms with E-state index in [0.29, 0.717) is 5.75 Å². The Morgan fingerprint density at radius 3 is 2.06 bits per heavy atom. The number of carbonyl (C=O) groups is 1. The zero-order chi connectivity index (χ0) is 21.6. The van der Waals surface area contributed by atoms with E-state index < -0.39 is 0 Å². The van der Waals surface area contributed by atoms with Crippen LogP contribution in [-0.2, 0) is 4.79 Å². The first kappa shape index (κ1) is 21.7. The summed E-state index contributed by atoms with van der Waals surface area (Å²) in [6.45, 7) is 7.39. The molecule has 4 rings (SSSR count). The van der Waals surface area contributed by atoms with E-state index in [0.717, 1.165) is 41.1 Å². The Morgan fingerprint density at radius 1 is 0.839 bits per heavy atom. The molecule has 1 aliphatic rings. The number of anilines is 1. The predicted octanol–water partition coefficient (Wildman–Crippen LogP) is 4.69. The summed E-state index contributed by atoms with van der Waals surface area (Å²) in [5.74, 6) is 0.538. The molecule has 1 aromatic heterocycles. The maximum absolute atomic E-state index is 12.8. The van der Waals surface area contributed by atoms with Crippen molar-refractivity contribution in [1.29, 1.82) is 0 Å². The average molecular weight is 451 g/mol. The van der Waals surface area contributed by atoms with E-state index in [-0.39, 0.29) is 5.91 Å². The molecule has 3 aromatic rings. The summed E-state index contributed by atoms with van der Waals surface area (Å²) in [7, 11) is 0. The van der Waals surface area contributed by atoms with Gasteiger partial charge in [-0.2, -0.15) is 0 Å². The number of piperazine rings is 1. The van der Waals surface area contributed by atoms with E-state index in [1.807, 2.05) is 4.90 Å². The van der Waals surface area contributed by atoms with E-state index >= 15 is 0 Å². The van der Waals surface area contributed by atoms with Gasteiger partial charge >= 0.3 is 0 Å². The quantitative estimate of drug-likeness (QED) is 0.508. The molecule has 1 aliphatic heterocycles. The van der Waals surface area contributed by atoms with Crippen molar-refractivity contribution in [3.8, 4) is 0 Å². The van der Waals surface area contributed by atoms with Crippen LogP contribution in [0.5, 0.6) is 0 Å². The average Bonchev–Trinajstić information content (AvgIpc) is 2.80. The monoisotopic (exact) mass is 450 g/mol. The Kier molecular flexibility index (Phi) is 7.14. The van der Waals surface area contributed by atoms with Crippen molar-refractivity contribution in [2.75, 3.05) is 36.8 Å². The number of amides is 1. The van der Waals surface area contributed by atoms with Crippen LogP contribution < -0.4 is 4.90 Å². The van der Waals surface area contributed by atoms with Gasteiger partial charge in [0.2, 0.25) is 5.91 Å². The largest absolute Gasteiger partial charge is 0.368 e. The van der Waals surface area contributed by atoms with Crippen LogP contribution in [-0.4, -0.2) is 52.7 Å². The Balaban J connectivity index is 1.31. The molecule has 160 valence electrons. The van der Waals surface area contributed by atoms with Gasteiger partial charge in [-0.25, -0.2) is 9.97 Å². The van der Waals surface area contributed by atoms with Gasteiger partial charge in [0.1, 0.15) is 10.1 Å². The fourth-order valence-corrected chi connectivity index (χ4v) is 5.20. The highest BCUT2D eigenvalue weighted by Gasteiger charge is 2.22. The van der Waals surface area contributed by atoms with E-state index in [1.54, 1.807) is 24.2 Å². The highest BCUT2D eigenvalue weighted by Crippen LogP contribution is 2.32. The molecule has 1 amide bonds. The third kappa shape index (κ3) is 5.80. The number of nitrogens with zero attached hydrogens (tertiary/aromatic N) is 4. The van der Waals surface area contributed by atoms with E-state index in [1.165, 1.54) is 28.6 Å². The van der Waals surface area contributed by atoms with Crippen LogP contribution in [0.3, 0.4) is 0 Å². The SMILES string of the molecule is Cc1ccc(Sc2nccnc2SCC(=O)N2CCN(c3ccc(C)cc3)CC2)cc1. The summed E-state index contributed by atoms with van der Waals surface area (Å²) in [6.07, 6.45) is 3.39. The molecule has 0 bridgehead atoms. The molecule has 0 unspecified atom stereocenters. The van der Waals surface area contributed by atoms with Crippen LogP contribution in [0.2, 0.25) is 0 Å². The lowest BCUT2D eigenvalue weighted by atomic mass is 10.2. The molecule has 7 heteroatoms. The number of hydrogen-bond acceptors (Lipinski definition) is 6. The lowest BCUT2D eigenvalue weighted by Gasteiger charge is -2.36. The molecule has 31 heavy (non-hydrogen) atoms. The first-order valence-electron chi connectivity index (χ1n) is 10.4. The zero-order valence-corrected chi connectivity index (χ0v) is 19.5. The fourth-order valence-electron chi connectivity index (χ4n) is 3.39. The van der Waals surface area contributed by atoms with Gasteiger partial charge in [0, 0.05) is 49.2 Å². The molecule has 0 aliphatic carbocycles. The van der Waals surface area contributed by atoms with Crippen molar-refractivity contribution in [2.45, 2.75) is 28.8 Å². The number of hydrogen-bond donors (Lipinski definition) is 0. The summed E-state index contributed by atoms with van der Waals surface area (Å²) < 4.78 is 0. The van der Waals surface area contributed by atoms with Gasteiger partial charge in [-0.3, -0.25) is 4.79 Å². The van der Waals surface area contributed by atoms with Gasteiger partial charge in [0.25, 0.3) is 0 Å². The van der Waals surface area contributed by atoms with Crippen molar-refractivity contribution in [2.24, 2.45) is 0 Å². The van der Waals surface area contributed by atoms with Crippen molar-refractivity contribution in [3.05, 3.63) is 72.1 Å². The second-order valence-electron chi connectivity index (χ2n) is 7.57. The fraction of sp³-hybridized carbons (Fsp3) is 0.292. The van der Waals surface area contributed by atoms with Crippen molar-refractivity contribution in [3.63, 3.8) is 0 Å². The third-order valence-corrected chi connectivity index (χ3v) is 7.33. The number of thioether (sulfide) groups is 1. The molecule has 2 heterocycles. The number of benzene rings is 2. The summed E-state index contributed by atoms with van der Waals surface area (Å²) in [5.41, 5.74) is 3.72. The van der Waals surface area contributed by atoms with E-state index in [2.05, 4.69) is 77.2 Å². The van der Waals surface area contributed by atoms with Crippen molar-refractivity contribution >= 4 is 35.1 Å². The molecule has 0 radical (unpaired) electrons. The van der Waals surface area contributed by atoms with Crippen LogP contribution in [0.25, 0.3) is 0 Å². The first-order valence-corrected chi connectivity index (χ1v) is 12.2. The van der Waals surface area contributed by atoms with E-state index in [4.69, 9.17) is 0 Å². The number of aromatic nitrogens is 2. The molecule has 0 spiro atoms. The second kappa shape index (κ2) is 10.2. The maximum atomic E-state index is 12.8. The Bertz CT molecular complexity index is 1020. The van der Waals surface area contributed by atoms with Gasteiger partial charge in [-0.05, 0) is 38.1 Å². The molecular formula is C24H26N4OS2. The predicted molar refractivity (Wildman–Crippen MR) is 128 cm³/mol. The summed E-state index contributed by atoms with van der Waals surface area (Å²) >= 11 is 3.05. The normalized spacial score (nSPS) is 14.0. The van der Waals surface area contributed by atoms with Crippen LogP contribution >= 0.6 is 23.5 Å². The smallest absolute Gasteiger partial charge is 0.233 e. The Labute approximate surface area is 192 Å². The standard InChI is InChI=1S/C24H26N4OS2/c1-18-3-7-20(8-4-18)27-13-15-28(16-14-27)22(29)17-30-23-24(26-12-11-25-23)31-21-9-5-19(2)6-10-21/h3-12H,13-17H2,1-2H3. The Hall–Kier alpha value is -2.51. The minimum atomic E-state index is 0.158. The molecule has 2 aromatic carbocycles. The van der Waals surface area contributed by atoms with Gasteiger partial charge in [0.05, 0.1) is 5.75 Å². The highest BCUT2D eigenvalue weighted by molar-refractivity contribution is 8.02. The van der Waals surface area contributed by atoms with Crippen LogP contribution in [0, 0.1) is 13.8 Å². The van der Waals surface area contributed by atoms with Crippen molar-refractivity contribution < 1.29 is 4.79 Å². The van der Waals surface area contributed by atoms with E-state index in [9.17, 15) is 4.79 Å². The topological polar surface area (TPSA) is 49.3 Å². The van der Waals surface area contributed by atoms with Gasteiger partial charge < -0.3 is 9.80 Å². The lowest BCUT2D eigenvalue weighted by Crippen LogP contribution is -2.49. The molecule has 0 N–H and O–H groups in total. The van der Waals surface area contributed by atoms with Crippen LogP contribution in [0.4, 0.5) is 5.69 Å². The molecule has 1 saturated heterocycles. The molecule has 0 atom stereocenters. The maximum Gasteiger partial charge on any atom is 0.233 e. The third-order valence-electron chi connectivity index (χ3n) is 5.23. The number of carbonyl (C=O) groups excluding carboxylic acids is 1. The summed E-state index contributed by atoms with van der Waals surface area (Å²) in [4.78, 5) is 27.2. The van der Waals surface area contributed by atoms with Gasteiger partial charge in [-0.1, -0.05) is 58.9 Å². The summed E-state index contributed by atoms with van der Waals surface area (Å²) in [5, 5.41) is 1.65. The van der Waals surface area contributed by atoms with Gasteiger partial charge in [0.15, 0.2) is 0 Å². The highest BCUT2D eigenvalue weighted by atomic mass is 32.2. The number of aryl methyl sites for hydroxylation is 2. The molecule has 1 fully saturated rings. The Morgan fingerprint density at radius 2 is 1.42 bits per heavy atom. The van der Waals surface area contributed by atoms with Crippen LogP contribution in [0.15, 0.2) is 75.9 Å². The summed E-state index contributed by atoms with van der Waals surface area (Å²) in [6, 6.07) is 16.9. The minimum Gasteiger partial charge on any atom is -0.368 e. The molecular weight excluding hydrogens is 424 g/mol. The van der Waals surface area contributed by atoms with Crippen molar-refractivity contribution in [1.82, 2.24) is 14.9 Å². The van der Waals surface area contributed by atoms with Gasteiger partial charge in [-0.15, -0.1) is 0 Å². The minimum absolute atomic E-state index is 0.158. The first-order chi connectivity index (χ1) is 15.1. The molecule has 5 nitrogen and oxygen atoms in total. The number of rotatable bonds is 6. The molecule has 0 saturated carbocycles. The van der Waals surface area contributed by atoms with Crippen LogP contribution in [0.1, 0.15) is 11.1 Å². The zero-order valence-electron chi connectivity index (χ0n) is 17.8. The second-order valence-corrected chi connectivity index (χ2v) is 9.60. The lowest BCUT2D eigenvalue weighted by molar-refractivity contribution is -0.128.